The Hall–Kier alpha value is -0.820. The van der Waals surface area contributed by atoms with E-state index in [0.29, 0.717) is 0 Å². The second-order valence-corrected chi connectivity index (χ2v) is 5.34. The molecule has 2 fully saturated rings. The molecule has 1 aliphatic carbocycles. The van der Waals surface area contributed by atoms with E-state index in [2.05, 4.69) is 36.6 Å². The summed E-state index contributed by atoms with van der Waals surface area (Å²) in [6.07, 6.45) is 15.6. The van der Waals surface area contributed by atoms with Crippen LogP contribution >= 0.6 is 0 Å². The Morgan fingerprint density at radius 1 is 1.18 bits per heavy atom. The smallest absolute Gasteiger partial charge is 0.00957 e. The number of hydrogen-bond donors (Lipinski definition) is 0. The zero-order chi connectivity index (χ0) is 12.1. The van der Waals surface area contributed by atoms with Crippen molar-refractivity contribution in [2.45, 2.75) is 45.1 Å². The topological polar surface area (TPSA) is 3.24 Å². The summed E-state index contributed by atoms with van der Waals surface area (Å²) in [5.74, 6) is 0.727. The highest BCUT2D eigenvalue weighted by Gasteiger charge is 2.33. The number of hydrogen-bond acceptors (Lipinski definition) is 1. The van der Waals surface area contributed by atoms with E-state index in [-0.39, 0.29) is 0 Å². The van der Waals surface area contributed by atoms with Crippen molar-refractivity contribution in [1.29, 1.82) is 0 Å². The number of rotatable bonds is 4. The average molecular weight is 231 g/mol. The van der Waals surface area contributed by atoms with E-state index in [1.807, 2.05) is 6.08 Å². The van der Waals surface area contributed by atoms with E-state index >= 15 is 0 Å². The molecule has 94 valence electrons. The molecule has 1 aliphatic heterocycles. The second kappa shape index (κ2) is 6.20. The molecule has 1 saturated carbocycles. The summed E-state index contributed by atoms with van der Waals surface area (Å²) in [6.45, 7) is 8.50. The van der Waals surface area contributed by atoms with E-state index in [1.54, 1.807) is 0 Å². The zero-order valence-corrected chi connectivity index (χ0v) is 11.1. The molecule has 0 aromatic rings. The molecule has 1 heterocycles. The minimum Gasteiger partial charge on any atom is -0.299 e. The predicted molar refractivity (Wildman–Crippen MR) is 75.0 cm³/mol. The lowest BCUT2D eigenvalue weighted by Gasteiger charge is -2.46. The highest BCUT2D eigenvalue weighted by molar-refractivity contribution is 5.27. The molecule has 0 amide bonds. The molecule has 0 unspecified atom stereocenters. The molecule has 0 radical (unpaired) electrons. The third-order valence-electron chi connectivity index (χ3n) is 4.19. The van der Waals surface area contributed by atoms with Gasteiger partial charge in [-0.1, -0.05) is 50.1 Å². The summed E-state index contributed by atoms with van der Waals surface area (Å²) < 4.78 is 0. The van der Waals surface area contributed by atoms with Crippen LogP contribution < -0.4 is 0 Å². The standard InChI is InChI=1S/C16H25N/c1-3-5-9-14(4-2)15-12-17(13-15)16-10-7-6-8-11-16/h3-5,9,15-16H,2,6-8,10-13H2,1H3/b5-3-,14-9+. The van der Waals surface area contributed by atoms with Crippen molar-refractivity contribution in [3.8, 4) is 0 Å². The Balaban J connectivity index is 1.82. The molecule has 0 atom stereocenters. The van der Waals surface area contributed by atoms with Crippen LogP contribution in [0.4, 0.5) is 0 Å². The fourth-order valence-corrected chi connectivity index (χ4v) is 3.05. The van der Waals surface area contributed by atoms with Gasteiger partial charge in [-0.2, -0.15) is 0 Å². The van der Waals surface area contributed by atoms with Gasteiger partial charge in [0.2, 0.25) is 0 Å². The zero-order valence-electron chi connectivity index (χ0n) is 11.1. The van der Waals surface area contributed by atoms with Gasteiger partial charge in [0.15, 0.2) is 0 Å². The highest BCUT2D eigenvalue weighted by Crippen LogP contribution is 2.31. The first-order valence-corrected chi connectivity index (χ1v) is 7.04. The van der Waals surface area contributed by atoms with Crippen LogP contribution in [-0.4, -0.2) is 24.0 Å². The number of nitrogens with zero attached hydrogens (tertiary/aromatic N) is 1. The molecule has 1 heteroatoms. The molecule has 2 aliphatic rings. The molecule has 0 aromatic heterocycles. The Morgan fingerprint density at radius 3 is 2.47 bits per heavy atom. The fraction of sp³-hybridized carbons (Fsp3) is 0.625. The lowest BCUT2D eigenvalue weighted by molar-refractivity contribution is 0.0529. The van der Waals surface area contributed by atoms with Crippen LogP contribution in [0.3, 0.4) is 0 Å². The Bertz CT molecular complexity index is 301. The largest absolute Gasteiger partial charge is 0.299 e. The van der Waals surface area contributed by atoms with Gasteiger partial charge in [-0.05, 0) is 25.3 Å². The molecular weight excluding hydrogens is 206 g/mol. The molecule has 0 N–H and O–H groups in total. The van der Waals surface area contributed by atoms with E-state index in [1.165, 1.54) is 50.8 Å². The summed E-state index contributed by atoms with van der Waals surface area (Å²) in [5.41, 5.74) is 1.41. The van der Waals surface area contributed by atoms with Gasteiger partial charge in [-0.3, -0.25) is 4.90 Å². The van der Waals surface area contributed by atoms with Gasteiger partial charge in [0.05, 0.1) is 0 Å². The lowest BCUT2D eigenvalue weighted by Crippen LogP contribution is -2.53. The molecule has 0 spiro atoms. The van der Waals surface area contributed by atoms with Gasteiger partial charge in [0.25, 0.3) is 0 Å². The number of likely N-dealkylation sites (tertiary alicyclic amines) is 1. The fourth-order valence-electron chi connectivity index (χ4n) is 3.05. The first-order valence-electron chi connectivity index (χ1n) is 7.04. The quantitative estimate of drug-likeness (QED) is 0.662. The Morgan fingerprint density at radius 2 is 1.88 bits per heavy atom. The molecular formula is C16H25N. The third kappa shape index (κ3) is 3.10. The summed E-state index contributed by atoms with van der Waals surface area (Å²) in [7, 11) is 0. The van der Waals surface area contributed by atoms with Crippen molar-refractivity contribution in [2.24, 2.45) is 5.92 Å². The van der Waals surface area contributed by atoms with Gasteiger partial charge in [-0.25, -0.2) is 0 Å². The van der Waals surface area contributed by atoms with Crippen molar-refractivity contribution in [1.82, 2.24) is 4.90 Å². The van der Waals surface area contributed by atoms with Crippen LogP contribution in [0.2, 0.25) is 0 Å². The normalized spacial score (nSPS) is 25.1. The van der Waals surface area contributed by atoms with Crippen molar-refractivity contribution in [3.05, 3.63) is 36.5 Å². The molecule has 1 nitrogen and oxygen atoms in total. The second-order valence-electron chi connectivity index (χ2n) is 5.34. The van der Waals surface area contributed by atoms with Gasteiger partial charge < -0.3 is 0 Å². The summed E-state index contributed by atoms with van der Waals surface area (Å²) in [5, 5.41) is 0. The number of allylic oxidation sites excluding steroid dienone is 4. The molecule has 2 rings (SSSR count). The summed E-state index contributed by atoms with van der Waals surface area (Å²) in [4.78, 5) is 2.68. The van der Waals surface area contributed by atoms with Crippen LogP contribution in [0.25, 0.3) is 0 Å². The maximum absolute atomic E-state index is 3.93. The van der Waals surface area contributed by atoms with E-state index in [0.717, 1.165) is 12.0 Å². The van der Waals surface area contributed by atoms with Gasteiger partial charge >= 0.3 is 0 Å². The Labute approximate surface area is 106 Å². The van der Waals surface area contributed by atoms with E-state index < -0.39 is 0 Å². The van der Waals surface area contributed by atoms with Crippen LogP contribution in [0.1, 0.15) is 39.0 Å². The SMILES string of the molecule is C=C/C(=C\C=C/C)C1CN(C2CCCCC2)C1. The molecule has 0 aromatic carbocycles. The minimum absolute atomic E-state index is 0.727. The van der Waals surface area contributed by atoms with Crippen LogP contribution in [-0.2, 0) is 0 Å². The summed E-state index contributed by atoms with van der Waals surface area (Å²) >= 11 is 0. The molecule has 17 heavy (non-hydrogen) atoms. The van der Waals surface area contributed by atoms with Crippen molar-refractivity contribution >= 4 is 0 Å². The monoisotopic (exact) mass is 231 g/mol. The summed E-state index contributed by atoms with van der Waals surface area (Å²) in [6, 6.07) is 0.882. The lowest BCUT2D eigenvalue weighted by atomic mass is 9.85. The van der Waals surface area contributed by atoms with Crippen LogP contribution in [0.15, 0.2) is 36.5 Å². The first-order chi connectivity index (χ1) is 8.35. The maximum Gasteiger partial charge on any atom is 0.00957 e. The maximum atomic E-state index is 3.93. The van der Waals surface area contributed by atoms with Crippen molar-refractivity contribution < 1.29 is 0 Å². The third-order valence-corrected chi connectivity index (χ3v) is 4.19. The average Bonchev–Trinajstić information content (AvgIpc) is 2.33. The molecule has 1 saturated heterocycles. The van der Waals surface area contributed by atoms with Crippen LogP contribution in [0, 0.1) is 5.92 Å². The van der Waals surface area contributed by atoms with Gasteiger partial charge in [0.1, 0.15) is 0 Å². The van der Waals surface area contributed by atoms with Gasteiger partial charge in [-0.15, -0.1) is 0 Å². The minimum atomic E-state index is 0.727. The van der Waals surface area contributed by atoms with E-state index in [9.17, 15) is 0 Å². The molecule has 0 bridgehead atoms. The van der Waals surface area contributed by atoms with Crippen LogP contribution in [0.5, 0.6) is 0 Å². The van der Waals surface area contributed by atoms with Crippen molar-refractivity contribution in [2.75, 3.05) is 13.1 Å². The predicted octanol–water partition coefficient (Wildman–Crippen LogP) is 3.94. The van der Waals surface area contributed by atoms with E-state index in [4.69, 9.17) is 0 Å². The highest BCUT2D eigenvalue weighted by atomic mass is 15.2. The van der Waals surface area contributed by atoms with Crippen molar-refractivity contribution in [3.63, 3.8) is 0 Å². The van der Waals surface area contributed by atoms with Gasteiger partial charge in [0, 0.05) is 25.0 Å². The Kier molecular flexibility index (Phi) is 4.61. The first kappa shape index (κ1) is 12.6.